The highest BCUT2D eigenvalue weighted by Gasteiger charge is 2.08. The zero-order valence-corrected chi connectivity index (χ0v) is 12.4. The smallest absolute Gasteiger partial charge is 0.335 e. The molecule has 0 aliphatic heterocycles. The summed E-state index contributed by atoms with van der Waals surface area (Å²) in [7, 11) is 0. The number of hydrogen-bond acceptors (Lipinski definition) is 2. The fourth-order valence-corrected chi connectivity index (χ4v) is 2.08. The fraction of sp³-hybridized carbons (Fsp3) is 0.278. The third-order valence-electron chi connectivity index (χ3n) is 3.41. The normalized spacial score (nSPS) is 10.4. The van der Waals surface area contributed by atoms with Gasteiger partial charge in [0.25, 0.3) is 0 Å². The predicted octanol–water partition coefficient (Wildman–Crippen LogP) is 4.83. The van der Waals surface area contributed by atoms with Gasteiger partial charge in [-0.1, -0.05) is 31.5 Å². The molecule has 0 spiro atoms. The Balaban J connectivity index is 2.14. The number of unbranched alkanes of at least 4 members (excludes halogenated alkanes) is 1. The molecule has 0 amide bonds. The zero-order chi connectivity index (χ0) is 15.2. The maximum atomic E-state index is 11.0. The van der Waals surface area contributed by atoms with Crippen molar-refractivity contribution in [2.24, 2.45) is 0 Å². The van der Waals surface area contributed by atoms with Crippen molar-refractivity contribution in [2.75, 3.05) is 0 Å². The van der Waals surface area contributed by atoms with Crippen molar-refractivity contribution in [1.82, 2.24) is 0 Å². The van der Waals surface area contributed by atoms with Crippen molar-refractivity contribution < 1.29 is 14.6 Å². The van der Waals surface area contributed by atoms with E-state index in [1.165, 1.54) is 18.4 Å². The van der Waals surface area contributed by atoms with Crippen LogP contribution in [0.2, 0.25) is 0 Å². The molecule has 21 heavy (non-hydrogen) atoms. The Morgan fingerprint density at radius 1 is 1.14 bits per heavy atom. The molecular formula is C18H20O3. The molecular weight excluding hydrogens is 264 g/mol. The molecule has 0 unspecified atom stereocenters. The highest BCUT2D eigenvalue weighted by Crippen LogP contribution is 2.26. The van der Waals surface area contributed by atoms with E-state index in [0.717, 1.165) is 17.7 Å². The zero-order valence-electron chi connectivity index (χ0n) is 12.4. The Labute approximate surface area is 125 Å². The molecule has 0 heterocycles. The van der Waals surface area contributed by atoms with E-state index in [2.05, 4.69) is 19.1 Å². The van der Waals surface area contributed by atoms with Crippen LogP contribution in [0.1, 0.15) is 41.3 Å². The van der Waals surface area contributed by atoms with Crippen molar-refractivity contribution in [3.05, 3.63) is 59.2 Å². The number of aryl methyl sites for hydroxylation is 2. The van der Waals surface area contributed by atoms with Gasteiger partial charge in [-0.15, -0.1) is 0 Å². The fourth-order valence-electron chi connectivity index (χ4n) is 2.08. The average molecular weight is 284 g/mol. The van der Waals surface area contributed by atoms with E-state index in [1.807, 2.05) is 19.1 Å². The Morgan fingerprint density at radius 2 is 1.86 bits per heavy atom. The molecule has 3 nitrogen and oxygen atoms in total. The van der Waals surface area contributed by atoms with Gasteiger partial charge in [0, 0.05) is 0 Å². The summed E-state index contributed by atoms with van der Waals surface area (Å²) in [5, 5.41) is 9.03. The average Bonchev–Trinajstić information content (AvgIpc) is 2.48. The standard InChI is InChI=1S/C18H20O3/c1-3-4-5-14-7-10-16(11-8-14)21-17-12-15(18(19)20)9-6-13(17)2/h6-12H,3-5H2,1-2H3,(H,19,20). The maximum absolute atomic E-state index is 11.0. The summed E-state index contributed by atoms with van der Waals surface area (Å²) in [5.74, 6) is 0.354. The van der Waals surface area contributed by atoms with E-state index in [4.69, 9.17) is 9.84 Å². The van der Waals surface area contributed by atoms with Crippen molar-refractivity contribution >= 4 is 5.97 Å². The second-order valence-electron chi connectivity index (χ2n) is 5.13. The first-order chi connectivity index (χ1) is 10.1. The molecule has 0 saturated heterocycles. The lowest BCUT2D eigenvalue weighted by Crippen LogP contribution is -1.97. The summed E-state index contributed by atoms with van der Waals surface area (Å²) in [6.07, 6.45) is 3.43. The SMILES string of the molecule is CCCCc1ccc(Oc2cc(C(=O)O)ccc2C)cc1. The van der Waals surface area contributed by atoms with Gasteiger partial charge in [-0.25, -0.2) is 4.79 Å². The third kappa shape index (κ3) is 4.09. The minimum Gasteiger partial charge on any atom is -0.478 e. The Bertz CT molecular complexity index is 615. The molecule has 0 saturated carbocycles. The number of benzene rings is 2. The number of carboxylic acid groups (broad SMARTS) is 1. The second-order valence-corrected chi connectivity index (χ2v) is 5.13. The number of rotatable bonds is 6. The number of carbonyl (C=O) groups is 1. The third-order valence-corrected chi connectivity index (χ3v) is 3.41. The predicted molar refractivity (Wildman–Crippen MR) is 83.3 cm³/mol. The minimum atomic E-state index is -0.949. The van der Waals surface area contributed by atoms with Crippen LogP contribution in [0.3, 0.4) is 0 Å². The number of aromatic carboxylic acids is 1. The molecule has 1 N–H and O–H groups in total. The largest absolute Gasteiger partial charge is 0.478 e. The number of carboxylic acids is 1. The molecule has 0 aliphatic rings. The second kappa shape index (κ2) is 6.93. The van der Waals surface area contributed by atoms with Crippen molar-refractivity contribution in [3.8, 4) is 11.5 Å². The minimum absolute atomic E-state index is 0.232. The van der Waals surface area contributed by atoms with Gasteiger partial charge in [0.05, 0.1) is 5.56 Å². The lowest BCUT2D eigenvalue weighted by atomic mass is 10.1. The van der Waals surface area contributed by atoms with Crippen LogP contribution in [0.25, 0.3) is 0 Å². The van der Waals surface area contributed by atoms with Crippen LogP contribution in [0.5, 0.6) is 11.5 Å². The van der Waals surface area contributed by atoms with E-state index < -0.39 is 5.97 Å². The molecule has 2 rings (SSSR count). The molecule has 3 heteroatoms. The molecule has 0 bridgehead atoms. The molecule has 110 valence electrons. The van der Waals surface area contributed by atoms with Gasteiger partial charge in [0.1, 0.15) is 11.5 Å². The van der Waals surface area contributed by atoms with Crippen molar-refractivity contribution in [2.45, 2.75) is 33.1 Å². The van der Waals surface area contributed by atoms with Gasteiger partial charge >= 0.3 is 5.97 Å². The first-order valence-corrected chi connectivity index (χ1v) is 7.21. The van der Waals surface area contributed by atoms with Crippen LogP contribution in [-0.4, -0.2) is 11.1 Å². The summed E-state index contributed by atoms with van der Waals surface area (Å²) in [5.41, 5.74) is 2.44. The molecule has 0 aliphatic carbocycles. The summed E-state index contributed by atoms with van der Waals surface area (Å²) >= 11 is 0. The van der Waals surface area contributed by atoms with Crippen LogP contribution in [-0.2, 0) is 6.42 Å². The Hall–Kier alpha value is -2.29. The van der Waals surface area contributed by atoms with Crippen LogP contribution < -0.4 is 4.74 Å². The molecule has 0 fully saturated rings. The van der Waals surface area contributed by atoms with E-state index >= 15 is 0 Å². The summed E-state index contributed by atoms with van der Waals surface area (Å²) in [6.45, 7) is 4.08. The molecule has 2 aromatic rings. The van der Waals surface area contributed by atoms with Crippen LogP contribution in [0.4, 0.5) is 0 Å². The van der Waals surface area contributed by atoms with Crippen molar-refractivity contribution in [1.29, 1.82) is 0 Å². The quantitative estimate of drug-likeness (QED) is 0.826. The highest BCUT2D eigenvalue weighted by atomic mass is 16.5. The molecule has 0 aromatic heterocycles. The first-order valence-electron chi connectivity index (χ1n) is 7.21. The maximum Gasteiger partial charge on any atom is 0.335 e. The van der Waals surface area contributed by atoms with E-state index in [-0.39, 0.29) is 5.56 Å². The van der Waals surface area contributed by atoms with Crippen LogP contribution >= 0.6 is 0 Å². The van der Waals surface area contributed by atoms with E-state index in [0.29, 0.717) is 5.75 Å². The lowest BCUT2D eigenvalue weighted by molar-refractivity contribution is 0.0696. The Morgan fingerprint density at radius 3 is 2.48 bits per heavy atom. The molecule has 0 atom stereocenters. The topological polar surface area (TPSA) is 46.5 Å². The first kappa shape index (κ1) is 15.1. The van der Waals surface area contributed by atoms with Gasteiger partial charge in [-0.05, 0) is 55.2 Å². The van der Waals surface area contributed by atoms with Gasteiger partial charge in [-0.3, -0.25) is 0 Å². The van der Waals surface area contributed by atoms with Crippen LogP contribution in [0.15, 0.2) is 42.5 Å². The molecule has 2 aromatic carbocycles. The Kier molecular flexibility index (Phi) is 4.99. The summed E-state index contributed by atoms with van der Waals surface area (Å²) in [4.78, 5) is 11.0. The van der Waals surface area contributed by atoms with Gasteiger partial charge < -0.3 is 9.84 Å². The summed E-state index contributed by atoms with van der Waals surface area (Å²) < 4.78 is 5.80. The number of hydrogen-bond donors (Lipinski definition) is 1. The van der Waals surface area contributed by atoms with Crippen LogP contribution in [0, 0.1) is 6.92 Å². The highest BCUT2D eigenvalue weighted by molar-refractivity contribution is 5.88. The summed E-state index contributed by atoms with van der Waals surface area (Å²) in [6, 6.07) is 12.9. The lowest BCUT2D eigenvalue weighted by Gasteiger charge is -2.10. The van der Waals surface area contributed by atoms with E-state index in [1.54, 1.807) is 18.2 Å². The molecule has 0 radical (unpaired) electrons. The van der Waals surface area contributed by atoms with Gasteiger partial charge in [-0.2, -0.15) is 0 Å². The van der Waals surface area contributed by atoms with Crippen molar-refractivity contribution in [3.63, 3.8) is 0 Å². The van der Waals surface area contributed by atoms with Gasteiger partial charge in [0.2, 0.25) is 0 Å². The van der Waals surface area contributed by atoms with Gasteiger partial charge in [0.15, 0.2) is 0 Å². The number of ether oxygens (including phenoxy) is 1. The monoisotopic (exact) mass is 284 g/mol. The van der Waals surface area contributed by atoms with E-state index in [9.17, 15) is 4.79 Å².